The topological polar surface area (TPSA) is 80.1 Å². The SMILES string of the molecule is Cc1nc(C(=O)N2CSCC2C(=O)Nc2cccc(F)c2)nn1-c1ccccc1Cl. The van der Waals surface area contributed by atoms with Crippen molar-refractivity contribution >= 4 is 40.9 Å². The molecule has 0 bridgehead atoms. The molecule has 0 aliphatic carbocycles. The number of aromatic nitrogens is 3. The number of benzene rings is 2. The number of aryl methyl sites for hydroxylation is 1. The molecular weight excluding hydrogens is 429 g/mol. The van der Waals surface area contributed by atoms with Gasteiger partial charge < -0.3 is 10.2 Å². The van der Waals surface area contributed by atoms with Crippen LogP contribution in [0.5, 0.6) is 0 Å². The van der Waals surface area contributed by atoms with Gasteiger partial charge in [0, 0.05) is 11.4 Å². The highest BCUT2D eigenvalue weighted by Crippen LogP contribution is 2.25. The highest BCUT2D eigenvalue weighted by Gasteiger charge is 2.37. The summed E-state index contributed by atoms with van der Waals surface area (Å²) < 4.78 is 14.9. The molecule has 1 N–H and O–H groups in total. The van der Waals surface area contributed by atoms with E-state index in [1.54, 1.807) is 31.2 Å². The van der Waals surface area contributed by atoms with Gasteiger partial charge in [-0.3, -0.25) is 9.59 Å². The average Bonchev–Trinajstić information content (AvgIpc) is 3.35. The number of nitrogens with zero attached hydrogens (tertiary/aromatic N) is 4. The van der Waals surface area contributed by atoms with Gasteiger partial charge in [0.05, 0.1) is 16.6 Å². The lowest BCUT2D eigenvalue weighted by atomic mass is 10.2. The van der Waals surface area contributed by atoms with Crippen LogP contribution in [0.4, 0.5) is 10.1 Å². The second kappa shape index (κ2) is 8.45. The number of carbonyl (C=O) groups is 2. The summed E-state index contributed by atoms with van der Waals surface area (Å²) in [6, 6.07) is 12.0. The summed E-state index contributed by atoms with van der Waals surface area (Å²) in [4.78, 5) is 31.5. The predicted octanol–water partition coefficient (Wildman–Crippen LogP) is 3.52. The number of carbonyl (C=O) groups excluding carboxylic acids is 2. The van der Waals surface area contributed by atoms with Crippen LogP contribution in [0.2, 0.25) is 5.02 Å². The van der Waals surface area contributed by atoms with Gasteiger partial charge in [0.2, 0.25) is 11.7 Å². The van der Waals surface area contributed by atoms with Gasteiger partial charge in [0.15, 0.2) is 0 Å². The van der Waals surface area contributed by atoms with Gasteiger partial charge in [0.1, 0.15) is 17.7 Å². The van der Waals surface area contributed by atoms with E-state index in [2.05, 4.69) is 15.4 Å². The number of amides is 2. The van der Waals surface area contributed by atoms with Crippen LogP contribution in [-0.2, 0) is 4.79 Å². The minimum atomic E-state index is -0.710. The molecule has 3 aromatic rings. The summed E-state index contributed by atoms with van der Waals surface area (Å²) in [5, 5.41) is 7.46. The number of para-hydroxylation sites is 1. The number of nitrogens with one attached hydrogen (secondary N) is 1. The Kier molecular flexibility index (Phi) is 5.74. The average molecular weight is 446 g/mol. The minimum absolute atomic E-state index is 0.0153. The summed E-state index contributed by atoms with van der Waals surface area (Å²) >= 11 is 7.68. The van der Waals surface area contributed by atoms with Crippen LogP contribution in [0.25, 0.3) is 5.69 Å². The van der Waals surface area contributed by atoms with Gasteiger partial charge in [-0.2, -0.15) is 0 Å². The molecule has 0 saturated carbocycles. The molecular formula is C20H17ClFN5O2S. The molecule has 2 aromatic carbocycles. The van der Waals surface area contributed by atoms with E-state index in [9.17, 15) is 14.0 Å². The number of halogens is 2. The van der Waals surface area contributed by atoms with Crippen LogP contribution >= 0.6 is 23.4 Å². The molecule has 1 atom stereocenters. The molecule has 1 aromatic heterocycles. The maximum Gasteiger partial charge on any atom is 0.294 e. The Labute approximate surface area is 181 Å². The fraction of sp³-hybridized carbons (Fsp3) is 0.200. The van der Waals surface area contributed by atoms with E-state index in [0.717, 1.165) is 0 Å². The van der Waals surface area contributed by atoms with E-state index in [-0.39, 0.29) is 11.7 Å². The number of thioether (sulfide) groups is 1. The van der Waals surface area contributed by atoms with Gasteiger partial charge >= 0.3 is 0 Å². The molecule has 1 aliphatic heterocycles. The summed E-state index contributed by atoms with van der Waals surface area (Å²) in [7, 11) is 0. The Morgan fingerprint density at radius 1 is 1.23 bits per heavy atom. The summed E-state index contributed by atoms with van der Waals surface area (Å²) in [5.41, 5.74) is 0.945. The third-order valence-corrected chi connectivity index (χ3v) is 5.91. The Morgan fingerprint density at radius 2 is 2.03 bits per heavy atom. The molecule has 1 unspecified atom stereocenters. The molecule has 0 radical (unpaired) electrons. The Hall–Kier alpha value is -2.91. The summed E-state index contributed by atoms with van der Waals surface area (Å²) in [5.74, 6) is -0.0463. The summed E-state index contributed by atoms with van der Waals surface area (Å²) in [6.07, 6.45) is 0. The second-order valence-electron chi connectivity index (χ2n) is 6.64. The van der Waals surface area contributed by atoms with Crippen molar-refractivity contribution in [2.24, 2.45) is 0 Å². The molecule has 2 heterocycles. The van der Waals surface area contributed by atoms with E-state index >= 15 is 0 Å². The van der Waals surface area contributed by atoms with Crippen LogP contribution in [0.15, 0.2) is 48.5 Å². The zero-order chi connectivity index (χ0) is 21.3. The third kappa shape index (κ3) is 4.03. The quantitative estimate of drug-likeness (QED) is 0.664. The number of hydrogen-bond acceptors (Lipinski definition) is 5. The first-order chi connectivity index (χ1) is 14.4. The van der Waals surface area contributed by atoms with E-state index in [0.29, 0.717) is 33.9 Å². The van der Waals surface area contributed by atoms with Crippen molar-refractivity contribution in [2.75, 3.05) is 16.9 Å². The monoisotopic (exact) mass is 445 g/mol. The Bertz CT molecular complexity index is 1120. The van der Waals surface area contributed by atoms with Crippen molar-refractivity contribution in [3.05, 3.63) is 71.0 Å². The Balaban J connectivity index is 1.55. The zero-order valence-corrected chi connectivity index (χ0v) is 17.5. The van der Waals surface area contributed by atoms with E-state index in [1.165, 1.54) is 39.5 Å². The fourth-order valence-electron chi connectivity index (χ4n) is 3.11. The highest BCUT2D eigenvalue weighted by molar-refractivity contribution is 7.99. The second-order valence-corrected chi connectivity index (χ2v) is 8.04. The first kappa shape index (κ1) is 20.4. The fourth-order valence-corrected chi connectivity index (χ4v) is 4.48. The van der Waals surface area contributed by atoms with Crippen molar-refractivity contribution in [2.45, 2.75) is 13.0 Å². The number of anilines is 1. The van der Waals surface area contributed by atoms with Crippen molar-refractivity contribution in [1.82, 2.24) is 19.7 Å². The van der Waals surface area contributed by atoms with Crippen LogP contribution < -0.4 is 5.32 Å². The molecule has 10 heteroatoms. The van der Waals surface area contributed by atoms with Gasteiger partial charge in [-0.05, 0) is 37.3 Å². The van der Waals surface area contributed by atoms with Crippen LogP contribution in [0.3, 0.4) is 0 Å². The molecule has 1 fully saturated rings. The van der Waals surface area contributed by atoms with E-state index in [4.69, 9.17) is 11.6 Å². The smallest absolute Gasteiger partial charge is 0.294 e. The standard InChI is InChI=1S/C20H17ClFN5O2S/c1-12-23-18(25-27(12)16-8-3-2-7-15(16)21)20(29)26-11-30-10-17(26)19(28)24-14-6-4-5-13(22)9-14/h2-9,17H,10-11H2,1H3,(H,24,28). The van der Waals surface area contributed by atoms with Crippen molar-refractivity contribution in [3.8, 4) is 5.69 Å². The zero-order valence-electron chi connectivity index (χ0n) is 15.9. The lowest BCUT2D eigenvalue weighted by molar-refractivity contribution is -0.119. The largest absolute Gasteiger partial charge is 0.324 e. The van der Waals surface area contributed by atoms with Crippen LogP contribution in [0.1, 0.15) is 16.4 Å². The molecule has 4 rings (SSSR count). The molecule has 30 heavy (non-hydrogen) atoms. The normalized spacial score (nSPS) is 16.0. The lowest BCUT2D eigenvalue weighted by Crippen LogP contribution is -2.44. The first-order valence-corrected chi connectivity index (χ1v) is 10.6. The van der Waals surface area contributed by atoms with Gasteiger partial charge in [-0.25, -0.2) is 14.1 Å². The van der Waals surface area contributed by atoms with Crippen molar-refractivity contribution in [1.29, 1.82) is 0 Å². The van der Waals surface area contributed by atoms with Gasteiger partial charge in [-0.15, -0.1) is 16.9 Å². The maximum atomic E-state index is 13.4. The van der Waals surface area contributed by atoms with E-state index in [1.807, 2.05) is 6.07 Å². The number of rotatable bonds is 4. The van der Waals surface area contributed by atoms with E-state index < -0.39 is 17.8 Å². The minimum Gasteiger partial charge on any atom is -0.324 e. The molecule has 154 valence electrons. The number of hydrogen-bond donors (Lipinski definition) is 1. The van der Waals surface area contributed by atoms with Crippen LogP contribution in [-0.4, -0.2) is 49.2 Å². The van der Waals surface area contributed by atoms with Gasteiger partial charge in [0.25, 0.3) is 5.91 Å². The molecule has 1 saturated heterocycles. The third-order valence-electron chi connectivity index (χ3n) is 4.58. The summed E-state index contributed by atoms with van der Waals surface area (Å²) in [6.45, 7) is 1.72. The molecule has 7 nitrogen and oxygen atoms in total. The van der Waals surface area contributed by atoms with Crippen molar-refractivity contribution in [3.63, 3.8) is 0 Å². The van der Waals surface area contributed by atoms with Gasteiger partial charge in [-0.1, -0.05) is 29.8 Å². The lowest BCUT2D eigenvalue weighted by Gasteiger charge is -2.21. The highest BCUT2D eigenvalue weighted by atomic mass is 35.5. The predicted molar refractivity (Wildman–Crippen MR) is 113 cm³/mol. The molecule has 0 spiro atoms. The maximum absolute atomic E-state index is 13.4. The first-order valence-electron chi connectivity index (χ1n) is 9.08. The Morgan fingerprint density at radius 3 is 2.80 bits per heavy atom. The molecule has 1 aliphatic rings. The van der Waals surface area contributed by atoms with Crippen molar-refractivity contribution < 1.29 is 14.0 Å². The molecule has 2 amide bonds. The van der Waals surface area contributed by atoms with Crippen LogP contribution in [0, 0.1) is 12.7 Å².